The Bertz CT molecular complexity index is 631. The van der Waals surface area contributed by atoms with Crippen molar-refractivity contribution in [2.24, 2.45) is 0 Å². The van der Waals surface area contributed by atoms with Crippen molar-refractivity contribution in [1.29, 1.82) is 0 Å². The molecule has 0 bridgehead atoms. The van der Waals surface area contributed by atoms with Crippen molar-refractivity contribution in [3.05, 3.63) is 68.3 Å². The molecule has 19 heavy (non-hydrogen) atoms. The topological polar surface area (TPSA) is 17.1 Å². The van der Waals surface area contributed by atoms with Gasteiger partial charge in [0.2, 0.25) is 0 Å². The van der Waals surface area contributed by atoms with E-state index >= 15 is 0 Å². The van der Waals surface area contributed by atoms with E-state index in [1.165, 1.54) is 30.4 Å². The fourth-order valence-electron chi connectivity index (χ4n) is 2.68. The minimum Gasteiger partial charge on any atom is -0.294 e. The summed E-state index contributed by atoms with van der Waals surface area (Å²) in [5, 5.41) is 0. The summed E-state index contributed by atoms with van der Waals surface area (Å²) in [6.07, 6.45) is 4.12. The molecule has 2 heteroatoms. The first-order valence-electron chi connectivity index (χ1n) is 6.62. The van der Waals surface area contributed by atoms with E-state index in [-0.39, 0.29) is 5.78 Å². The smallest absolute Gasteiger partial charge is 0.167 e. The van der Waals surface area contributed by atoms with Gasteiger partial charge in [0, 0.05) is 15.6 Å². The maximum absolute atomic E-state index is 12.3. The van der Waals surface area contributed by atoms with Crippen LogP contribution in [0.1, 0.15) is 33.5 Å². The van der Waals surface area contributed by atoms with Crippen LogP contribution in [0.4, 0.5) is 0 Å². The third-order valence-electron chi connectivity index (χ3n) is 3.67. The molecule has 3 rings (SSSR count). The van der Waals surface area contributed by atoms with Gasteiger partial charge in [-0.1, -0.05) is 30.3 Å². The van der Waals surface area contributed by atoms with Gasteiger partial charge in [0.1, 0.15) is 0 Å². The number of carbonyl (C=O) groups excluding carboxylic acids is 1. The Labute approximate surface area is 127 Å². The standard InChI is InChI=1S/C17H15IO/c18-16-6-2-5-15(11-16)17(19)10-12-7-8-13-3-1-4-14(13)9-12/h2,5-9,11H,1,3-4,10H2. The number of Topliss-reactive ketones (excluding diaryl/α,β-unsaturated/α-hetero) is 1. The minimum absolute atomic E-state index is 0.205. The Hall–Kier alpha value is -1.16. The molecule has 0 saturated carbocycles. The molecule has 0 spiro atoms. The van der Waals surface area contributed by atoms with Crippen LogP contribution in [0.2, 0.25) is 0 Å². The van der Waals surface area contributed by atoms with Crippen molar-refractivity contribution in [1.82, 2.24) is 0 Å². The first kappa shape index (κ1) is 12.9. The highest BCUT2D eigenvalue weighted by atomic mass is 127. The van der Waals surface area contributed by atoms with E-state index in [4.69, 9.17) is 0 Å². The lowest BCUT2D eigenvalue weighted by Gasteiger charge is -2.05. The second-order valence-corrected chi connectivity index (χ2v) is 6.31. The summed E-state index contributed by atoms with van der Waals surface area (Å²) < 4.78 is 1.11. The van der Waals surface area contributed by atoms with E-state index < -0.39 is 0 Å². The van der Waals surface area contributed by atoms with Crippen LogP contribution in [0.3, 0.4) is 0 Å². The summed E-state index contributed by atoms with van der Waals surface area (Å²) in [4.78, 5) is 12.3. The molecule has 1 aliphatic carbocycles. The first-order chi connectivity index (χ1) is 9.22. The Morgan fingerprint density at radius 3 is 2.74 bits per heavy atom. The van der Waals surface area contributed by atoms with Crippen molar-refractivity contribution >= 4 is 28.4 Å². The minimum atomic E-state index is 0.205. The molecule has 0 fully saturated rings. The van der Waals surface area contributed by atoms with Gasteiger partial charge in [0.05, 0.1) is 0 Å². The summed E-state index contributed by atoms with van der Waals surface area (Å²) in [5.41, 5.74) is 4.86. The first-order valence-corrected chi connectivity index (χ1v) is 7.70. The number of carbonyl (C=O) groups is 1. The molecule has 96 valence electrons. The van der Waals surface area contributed by atoms with Crippen molar-refractivity contribution in [2.75, 3.05) is 0 Å². The van der Waals surface area contributed by atoms with Gasteiger partial charge in [-0.25, -0.2) is 0 Å². The highest BCUT2D eigenvalue weighted by Gasteiger charge is 2.13. The van der Waals surface area contributed by atoms with Gasteiger partial charge < -0.3 is 0 Å². The number of fused-ring (bicyclic) bond motifs is 1. The zero-order chi connectivity index (χ0) is 13.2. The van der Waals surface area contributed by atoms with Crippen LogP contribution in [0.25, 0.3) is 0 Å². The Kier molecular flexibility index (Phi) is 3.69. The number of halogens is 1. The Balaban J connectivity index is 1.80. The van der Waals surface area contributed by atoms with Crippen LogP contribution >= 0.6 is 22.6 Å². The van der Waals surface area contributed by atoms with Gasteiger partial charge >= 0.3 is 0 Å². The molecule has 2 aromatic rings. The lowest BCUT2D eigenvalue weighted by atomic mass is 10.00. The monoisotopic (exact) mass is 362 g/mol. The van der Waals surface area contributed by atoms with Crippen molar-refractivity contribution in [3.63, 3.8) is 0 Å². The molecule has 1 aliphatic rings. The molecular formula is C17H15IO. The number of hydrogen-bond acceptors (Lipinski definition) is 1. The second-order valence-electron chi connectivity index (χ2n) is 5.07. The molecule has 2 aromatic carbocycles. The van der Waals surface area contributed by atoms with Crippen LogP contribution in [-0.4, -0.2) is 5.78 Å². The van der Waals surface area contributed by atoms with Crippen LogP contribution < -0.4 is 0 Å². The number of ketones is 1. The van der Waals surface area contributed by atoms with Crippen molar-refractivity contribution in [3.8, 4) is 0 Å². The maximum atomic E-state index is 12.3. The highest BCUT2D eigenvalue weighted by molar-refractivity contribution is 14.1. The SMILES string of the molecule is O=C(Cc1ccc2c(c1)CCC2)c1cccc(I)c1. The van der Waals surface area contributed by atoms with Gasteiger partial charge in [-0.2, -0.15) is 0 Å². The number of benzene rings is 2. The predicted molar refractivity (Wildman–Crippen MR) is 85.7 cm³/mol. The van der Waals surface area contributed by atoms with E-state index in [9.17, 15) is 4.79 Å². The fraction of sp³-hybridized carbons (Fsp3) is 0.235. The highest BCUT2D eigenvalue weighted by Crippen LogP contribution is 2.23. The average Bonchev–Trinajstić information content (AvgIpc) is 2.86. The van der Waals surface area contributed by atoms with Gasteiger partial charge in [-0.3, -0.25) is 4.79 Å². The van der Waals surface area contributed by atoms with Crippen molar-refractivity contribution in [2.45, 2.75) is 25.7 Å². The van der Waals surface area contributed by atoms with Gasteiger partial charge in [0.25, 0.3) is 0 Å². The summed E-state index contributed by atoms with van der Waals surface area (Å²) >= 11 is 2.24. The van der Waals surface area contributed by atoms with Crippen LogP contribution in [0.5, 0.6) is 0 Å². The van der Waals surface area contributed by atoms with E-state index in [0.717, 1.165) is 14.7 Å². The van der Waals surface area contributed by atoms with Gasteiger partial charge in [-0.05, 0) is 70.7 Å². The number of aryl methyl sites for hydroxylation is 2. The normalized spacial score (nSPS) is 13.3. The van der Waals surface area contributed by atoms with E-state index in [0.29, 0.717) is 6.42 Å². The van der Waals surface area contributed by atoms with Gasteiger partial charge in [-0.15, -0.1) is 0 Å². The maximum Gasteiger partial charge on any atom is 0.167 e. The molecule has 0 atom stereocenters. The Morgan fingerprint density at radius 2 is 1.89 bits per heavy atom. The van der Waals surface area contributed by atoms with Crippen LogP contribution in [-0.2, 0) is 19.3 Å². The Morgan fingerprint density at radius 1 is 1.05 bits per heavy atom. The third-order valence-corrected chi connectivity index (χ3v) is 4.35. The summed E-state index contributed by atoms with van der Waals surface area (Å²) in [7, 11) is 0. The van der Waals surface area contributed by atoms with E-state index in [1.807, 2.05) is 24.3 Å². The molecule has 0 saturated heterocycles. The molecule has 0 heterocycles. The van der Waals surface area contributed by atoms with Crippen molar-refractivity contribution < 1.29 is 4.79 Å². The molecular weight excluding hydrogens is 347 g/mol. The van der Waals surface area contributed by atoms with E-state index in [1.54, 1.807) is 0 Å². The number of rotatable bonds is 3. The molecule has 0 N–H and O–H groups in total. The predicted octanol–water partition coefficient (Wildman–Crippen LogP) is 4.21. The third kappa shape index (κ3) is 2.89. The second kappa shape index (κ2) is 5.45. The van der Waals surface area contributed by atoms with E-state index in [2.05, 4.69) is 40.8 Å². The lowest BCUT2D eigenvalue weighted by molar-refractivity contribution is 0.0993. The zero-order valence-electron chi connectivity index (χ0n) is 10.7. The lowest BCUT2D eigenvalue weighted by Crippen LogP contribution is -2.04. The molecule has 0 radical (unpaired) electrons. The summed E-state index contributed by atoms with van der Waals surface area (Å²) in [6.45, 7) is 0. The summed E-state index contributed by atoms with van der Waals surface area (Å²) in [5.74, 6) is 0.205. The quantitative estimate of drug-likeness (QED) is 0.591. The zero-order valence-corrected chi connectivity index (χ0v) is 12.8. The average molecular weight is 362 g/mol. The molecule has 0 aromatic heterocycles. The summed E-state index contributed by atoms with van der Waals surface area (Å²) in [6, 6.07) is 14.3. The molecule has 0 amide bonds. The fourth-order valence-corrected chi connectivity index (χ4v) is 3.23. The molecule has 1 nitrogen and oxygen atoms in total. The van der Waals surface area contributed by atoms with Crippen LogP contribution in [0.15, 0.2) is 42.5 Å². The number of hydrogen-bond donors (Lipinski definition) is 0. The molecule has 0 unspecified atom stereocenters. The largest absolute Gasteiger partial charge is 0.294 e. The molecule has 0 aliphatic heterocycles. The van der Waals surface area contributed by atoms with Crippen LogP contribution in [0, 0.1) is 3.57 Å². The van der Waals surface area contributed by atoms with Gasteiger partial charge in [0.15, 0.2) is 5.78 Å².